The topological polar surface area (TPSA) is 153 Å². The van der Waals surface area contributed by atoms with Gasteiger partial charge in [-0.1, -0.05) is 20.8 Å². The first-order valence-electron chi connectivity index (χ1n) is 15.7. The van der Waals surface area contributed by atoms with Crippen LogP contribution >= 0.6 is 0 Å². The third kappa shape index (κ3) is 9.42. The number of ketones is 1. The largest absolute Gasteiger partial charge is 0.490 e. The van der Waals surface area contributed by atoms with E-state index in [0.29, 0.717) is 29.0 Å². The lowest BCUT2D eigenvalue weighted by molar-refractivity contribution is -0.192. The maximum atomic E-state index is 13.9. The number of nitrogens with one attached hydrogen (secondary N) is 2. The van der Waals surface area contributed by atoms with E-state index in [-0.39, 0.29) is 42.7 Å². The molecule has 3 N–H and O–H groups in total. The summed E-state index contributed by atoms with van der Waals surface area (Å²) < 4.78 is 42.9. The average molecular weight is 692 g/mol. The molecule has 2 aromatic carbocycles. The molecule has 0 atom stereocenters. The number of Topliss-reactive ketones (excluding diaryl/α,β-unsaturated/α-hetero) is 1. The number of anilines is 2. The van der Waals surface area contributed by atoms with Gasteiger partial charge >= 0.3 is 18.1 Å². The average Bonchev–Trinajstić information content (AvgIpc) is 3.66. The zero-order chi connectivity index (χ0) is 36.8. The molecule has 15 heteroatoms. The minimum absolute atomic E-state index is 0.0200. The molecule has 12 nitrogen and oxygen atoms in total. The van der Waals surface area contributed by atoms with Crippen molar-refractivity contribution in [3.8, 4) is 5.75 Å². The van der Waals surface area contributed by atoms with Gasteiger partial charge in [0.2, 0.25) is 0 Å². The molecule has 2 heterocycles. The number of rotatable bonds is 10. The van der Waals surface area contributed by atoms with Gasteiger partial charge in [-0.05, 0) is 55.0 Å². The molecule has 268 valence electrons. The van der Waals surface area contributed by atoms with Crippen LogP contribution in [-0.2, 0) is 26.3 Å². The number of carbonyl (C=O) groups excluding carboxylic acids is 3. The van der Waals surface area contributed by atoms with Crippen molar-refractivity contribution in [1.82, 2.24) is 10.2 Å². The molecule has 2 aromatic rings. The van der Waals surface area contributed by atoms with Crippen LogP contribution in [0, 0.1) is 5.41 Å². The monoisotopic (exact) mass is 691 g/mol. The maximum Gasteiger partial charge on any atom is 0.490 e. The van der Waals surface area contributed by atoms with Gasteiger partial charge in [-0.2, -0.15) is 13.2 Å². The summed E-state index contributed by atoms with van der Waals surface area (Å²) in [5.41, 5.74) is 4.62. The Morgan fingerprint density at radius 2 is 1.65 bits per heavy atom. The Bertz CT molecular complexity index is 1600. The number of halogens is 3. The molecular weight excluding hydrogens is 647 g/mol. The van der Waals surface area contributed by atoms with E-state index in [9.17, 15) is 27.6 Å². The molecule has 0 saturated carbocycles. The van der Waals surface area contributed by atoms with Gasteiger partial charge in [-0.15, -0.1) is 0 Å². The number of benzene rings is 2. The van der Waals surface area contributed by atoms with E-state index in [1.54, 1.807) is 24.9 Å². The zero-order valence-corrected chi connectivity index (χ0v) is 28.8. The van der Waals surface area contributed by atoms with Gasteiger partial charge in [0.15, 0.2) is 12.4 Å². The maximum absolute atomic E-state index is 13.9. The second kappa shape index (κ2) is 15.6. The highest BCUT2D eigenvalue weighted by molar-refractivity contribution is 6.09. The van der Waals surface area contributed by atoms with Gasteiger partial charge in [-0.3, -0.25) is 15.0 Å². The predicted molar refractivity (Wildman–Crippen MR) is 178 cm³/mol. The van der Waals surface area contributed by atoms with Crippen molar-refractivity contribution in [3.63, 3.8) is 0 Å². The van der Waals surface area contributed by atoms with E-state index in [4.69, 9.17) is 24.8 Å². The standard InChI is InChI=1S/C32H43N5O5.C2HF3O2/c1-8-41-28(39)19-42-29-24(32(2,3)4)13-20(14-26(29)36-11-9-10-12-36)27(38)18-37-17-21-15-25(35(6)7)23(31(40)34-5)16-22(21)30(37)33;3-2(4,5)1(6)7/h13-16,33H,8-12,17-19H2,1-7H3,(H,34,40);(H,6,7). The molecule has 1 amide bonds. The van der Waals surface area contributed by atoms with Crippen molar-refractivity contribution in [3.05, 3.63) is 52.1 Å². The first-order chi connectivity index (χ1) is 22.8. The zero-order valence-electron chi connectivity index (χ0n) is 28.8. The summed E-state index contributed by atoms with van der Waals surface area (Å²) in [6.45, 7) is 10.1. The number of carboxylic acids is 1. The van der Waals surface area contributed by atoms with Crippen molar-refractivity contribution in [2.24, 2.45) is 0 Å². The van der Waals surface area contributed by atoms with Crippen molar-refractivity contribution < 1.29 is 46.9 Å². The summed E-state index contributed by atoms with van der Waals surface area (Å²) >= 11 is 0. The Labute approximate surface area is 283 Å². The fraction of sp³-hybridized carbons (Fsp3) is 0.500. The number of fused-ring (bicyclic) bond motifs is 1. The van der Waals surface area contributed by atoms with Crippen molar-refractivity contribution in [2.45, 2.75) is 58.7 Å². The molecule has 1 fully saturated rings. The highest BCUT2D eigenvalue weighted by Crippen LogP contribution is 2.42. The molecule has 2 aliphatic heterocycles. The molecule has 0 spiro atoms. The number of carboxylic acid groups (broad SMARTS) is 1. The number of alkyl halides is 3. The second-order valence-corrected chi connectivity index (χ2v) is 12.8. The number of nitrogens with zero attached hydrogens (tertiary/aromatic N) is 3. The van der Waals surface area contributed by atoms with E-state index in [1.165, 1.54) is 0 Å². The van der Waals surface area contributed by atoms with Crippen LogP contribution in [0.25, 0.3) is 0 Å². The highest BCUT2D eigenvalue weighted by Gasteiger charge is 2.38. The Morgan fingerprint density at radius 3 is 2.16 bits per heavy atom. The van der Waals surface area contributed by atoms with Gasteiger partial charge in [-0.25, -0.2) is 9.59 Å². The van der Waals surface area contributed by atoms with Crippen molar-refractivity contribution in [1.29, 1.82) is 5.41 Å². The third-order valence-electron chi connectivity index (χ3n) is 7.97. The van der Waals surface area contributed by atoms with Crippen LogP contribution in [0.2, 0.25) is 0 Å². The van der Waals surface area contributed by atoms with Crippen LogP contribution < -0.4 is 19.9 Å². The molecule has 0 aromatic heterocycles. The van der Waals surface area contributed by atoms with Crippen LogP contribution in [0.5, 0.6) is 5.75 Å². The summed E-state index contributed by atoms with van der Waals surface area (Å²) in [4.78, 5) is 53.3. The highest BCUT2D eigenvalue weighted by atomic mass is 19.4. The molecule has 4 rings (SSSR count). The lowest BCUT2D eigenvalue weighted by atomic mass is 9.84. The van der Waals surface area contributed by atoms with Crippen LogP contribution in [0.3, 0.4) is 0 Å². The molecular formula is C34H44F3N5O7. The smallest absolute Gasteiger partial charge is 0.479 e. The summed E-state index contributed by atoms with van der Waals surface area (Å²) in [5, 5.41) is 18.7. The number of ether oxygens (including phenoxy) is 2. The fourth-order valence-corrected chi connectivity index (χ4v) is 5.53. The Morgan fingerprint density at radius 1 is 1.04 bits per heavy atom. The molecule has 0 aliphatic carbocycles. The quantitative estimate of drug-likeness (QED) is 0.238. The predicted octanol–water partition coefficient (Wildman–Crippen LogP) is 4.61. The summed E-state index contributed by atoms with van der Waals surface area (Å²) in [5.74, 6) is -2.71. The Balaban J connectivity index is 0.000000838. The lowest BCUT2D eigenvalue weighted by Crippen LogP contribution is -2.31. The van der Waals surface area contributed by atoms with Gasteiger partial charge in [0.1, 0.15) is 11.6 Å². The molecule has 49 heavy (non-hydrogen) atoms. The van der Waals surface area contributed by atoms with Crippen LogP contribution in [0.1, 0.15) is 77.9 Å². The minimum atomic E-state index is -5.08. The number of amidine groups is 1. The van der Waals surface area contributed by atoms with E-state index in [2.05, 4.69) is 31.0 Å². The van der Waals surface area contributed by atoms with E-state index >= 15 is 0 Å². The van der Waals surface area contributed by atoms with Gasteiger partial charge in [0.25, 0.3) is 5.91 Å². The van der Waals surface area contributed by atoms with Crippen molar-refractivity contribution in [2.75, 3.05) is 63.8 Å². The number of hydrogen-bond acceptors (Lipinski definition) is 9. The van der Waals surface area contributed by atoms with E-state index in [0.717, 1.165) is 48.4 Å². The minimum Gasteiger partial charge on any atom is -0.479 e. The Kier molecular flexibility index (Phi) is 12.3. The Hall–Kier alpha value is -4.82. The molecule has 0 radical (unpaired) electrons. The third-order valence-corrected chi connectivity index (χ3v) is 7.97. The number of amides is 1. The van der Waals surface area contributed by atoms with Gasteiger partial charge < -0.3 is 34.6 Å². The molecule has 2 aliphatic rings. The summed E-state index contributed by atoms with van der Waals surface area (Å²) in [6.07, 6.45) is -3.01. The van der Waals surface area contributed by atoms with Crippen LogP contribution in [0.4, 0.5) is 24.5 Å². The second-order valence-electron chi connectivity index (χ2n) is 12.8. The first kappa shape index (κ1) is 38.6. The first-order valence-corrected chi connectivity index (χ1v) is 15.7. The van der Waals surface area contributed by atoms with Gasteiger partial charge in [0.05, 0.1) is 24.4 Å². The SMILES string of the molecule is CCOC(=O)COc1c(N2CCCC2)cc(C(=O)CN2Cc3cc(N(C)C)c(C(=O)NC)cc3C2=N)cc1C(C)(C)C.O=C(O)C(F)(F)F. The summed E-state index contributed by atoms with van der Waals surface area (Å²) in [6, 6.07) is 7.40. The normalized spacial score (nSPS) is 14.1. The van der Waals surface area contributed by atoms with E-state index < -0.39 is 18.1 Å². The molecule has 1 saturated heterocycles. The van der Waals surface area contributed by atoms with Gasteiger partial charge in [0, 0.05) is 63.2 Å². The van der Waals surface area contributed by atoms with Crippen LogP contribution in [-0.4, -0.2) is 99.6 Å². The summed E-state index contributed by atoms with van der Waals surface area (Å²) in [7, 11) is 5.34. The van der Waals surface area contributed by atoms with Crippen molar-refractivity contribution >= 4 is 40.8 Å². The number of carbonyl (C=O) groups is 4. The number of aliphatic carboxylic acids is 1. The molecule has 0 unspecified atom stereocenters. The van der Waals surface area contributed by atoms with E-state index in [1.807, 2.05) is 37.2 Å². The fourth-order valence-electron chi connectivity index (χ4n) is 5.53. The number of hydrogen-bond donors (Lipinski definition) is 3. The lowest BCUT2D eigenvalue weighted by Gasteiger charge is -2.29. The molecule has 0 bridgehead atoms. The van der Waals surface area contributed by atoms with Crippen LogP contribution in [0.15, 0.2) is 24.3 Å². The number of esters is 1.